The van der Waals surface area contributed by atoms with Crippen molar-refractivity contribution in [3.8, 4) is 0 Å². The zero-order valence-corrected chi connectivity index (χ0v) is 10.1. The smallest absolute Gasteiger partial charge is 0.186 e. The van der Waals surface area contributed by atoms with Gasteiger partial charge in [-0.05, 0) is 33.0 Å². The van der Waals surface area contributed by atoms with Crippen molar-refractivity contribution >= 4 is 0 Å². The molecule has 0 aliphatic rings. The van der Waals surface area contributed by atoms with Gasteiger partial charge in [0.2, 0.25) is 0 Å². The second kappa shape index (κ2) is 7.19. The maximum Gasteiger partial charge on any atom is 0.186 e. The summed E-state index contributed by atoms with van der Waals surface area (Å²) in [5, 5.41) is 6.52. The van der Waals surface area contributed by atoms with Gasteiger partial charge in [0.1, 0.15) is 0 Å². The number of aromatic nitrogens is 1. The van der Waals surface area contributed by atoms with Gasteiger partial charge in [-0.2, -0.15) is 0 Å². The topological polar surface area (TPSA) is 56.9 Å². The molecule has 1 aromatic heterocycles. The summed E-state index contributed by atoms with van der Waals surface area (Å²) in [6.07, 6.45) is 2.87. The van der Waals surface area contributed by atoms with Crippen LogP contribution in [0.4, 0.5) is 0 Å². The molecule has 0 spiro atoms. The lowest BCUT2D eigenvalue weighted by Crippen LogP contribution is -2.24. The van der Waals surface area contributed by atoms with E-state index in [-0.39, 0.29) is 5.43 Å². The largest absolute Gasteiger partial charge is 0.365 e. The molecule has 0 amide bonds. The van der Waals surface area contributed by atoms with Gasteiger partial charge >= 0.3 is 0 Å². The molecule has 4 nitrogen and oxygen atoms in total. The molecule has 4 heteroatoms. The fraction of sp³-hybridized carbons (Fsp3) is 0.583. The molecule has 0 saturated carbocycles. The fourth-order valence-corrected chi connectivity index (χ4v) is 1.48. The standard InChI is InChI=1S/C12H21N3O/c1-3-13-5-4-6-14-8-11-9-15-10(2)7-12(11)16/h7,9,13-14H,3-6,8H2,1-2H3,(H,15,16). The Labute approximate surface area is 96.5 Å². The number of hydrogen-bond donors (Lipinski definition) is 3. The minimum absolute atomic E-state index is 0.107. The van der Waals surface area contributed by atoms with Gasteiger partial charge in [0.25, 0.3) is 0 Å². The molecule has 0 fully saturated rings. The first kappa shape index (κ1) is 12.9. The van der Waals surface area contributed by atoms with Gasteiger partial charge in [-0.1, -0.05) is 6.92 Å². The molecule has 0 radical (unpaired) electrons. The van der Waals surface area contributed by atoms with E-state index in [1.165, 1.54) is 0 Å². The molecule has 90 valence electrons. The predicted octanol–water partition coefficient (Wildman–Crippen LogP) is 0.773. The second-order valence-corrected chi connectivity index (χ2v) is 3.89. The third-order valence-corrected chi connectivity index (χ3v) is 2.41. The van der Waals surface area contributed by atoms with Crippen molar-refractivity contribution in [1.29, 1.82) is 0 Å². The Hall–Kier alpha value is -1.13. The van der Waals surface area contributed by atoms with Gasteiger partial charge in [0.15, 0.2) is 5.43 Å². The molecule has 0 saturated heterocycles. The van der Waals surface area contributed by atoms with Crippen molar-refractivity contribution in [3.63, 3.8) is 0 Å². The first-order valence-electron chi connectivity index (χ1n) is 5.83. The molecule has 3 N–H and O–H groups in total. The molecule has 1 aromatic rings. The van der Waals surface area contributed by atoms with Crippen molar-refractivity contribution < 1.29 is 0 Å². The predicted molar refractivity (Wildman–Crippen MR) is 66.7 cm³/mol. The van der Waals surface area contributed by atoms with Gasteiger partial charge in [-0.15, -0.1) is 0 Å². The lowest BCUT2D eigenvalue weighted by Gasteiger charge is -2.05. The first-order valence-corrected chi connectivity index (χ1v) is 5.83. The van der Waals surface area contributed by atoms with Gasteiger partial charge in [-0.25, -0.2) is 0 Å². The molecule has 0 aliphatic heterocycles. The van der Waals surface area contributed by atoms with Gasteiger partial charge in [0.05, 0.1) is 0 Å². The second-order valence-electron chi connectivity index (χ2n) is 3.89. The number of aryl methyl sites for hydroxylation is 1. The summed E-state index contributed by atoms with van der Waals surface area (Å²) in [4.78, 5) is 14.6. The van der Waals surface area contributed by atoms with Crippen molar-refractivity contribution in [3.05, 3.63) is 33.7 Å². The highest BCUT2D eigenvalue weighted by Crippen LogP contribution is 1.91. The molecule has 0 unspecified atom stereocenters. The quantitative estimate of drug-likeness (QED) is 0.599. The van der Waals surface area contributed by atoms with E-state index < -0.39 is 0 Å². The van der Waals surface area contributed by atoms with Crippen LogP contribution in [-0.4, -0.2) is 24.6 Å². The summed E-state index contributed by atoms with van der Waals surface area (Å²) < 4.78 is 0. The van der Waals surface area contributed by atoms with E-state index in [1.807, 2.05) is 6.92 Å². The number of H-pyrrole nitrogens is 1. The van der Waals surface area contributed by atoms with Crippen LogP contribution in [0.25, 0.3) is 0 Å². The Morgan fingerprint density at radius 3 is 2.75 bits per heavy atom. The summed E-state index contributed by atoms with van der Waals surface area (Å²) in [7, 11) is 0. The monoisotopic (exact) mass is 223 g/mol. The van der Waals surface area contributed by atoms with Crippen molar-refractivity contribution in [2.24, 2.45) is 0 Å². The fourth-order valence-electron chi connectivity index (χ4n) is 1.48. The molecule has 16 heavy (non-hydrogen) atoms. The van der Waals surface area contributed by atoms with Crippen molar-refractivity contribution in [2.75, 3.05) is 19.6 Å². The Morgan fingerprint density at radius 1 is 1.31 bits per heavy atom. The van der Waals surface area contributed by atoms with Crippen molar-refractivity contribution in [2.45, 2.75) is 26.8 Å². The normalized spacial score (nSPS) is 10.6. The highest BCUT2D eigenvalue weighted by Gasteiger charge is 1.98. The molecule has 0 atom stereocenters. The van der Waals surface area contributed by atoms with E-state index in [9.17, 15) is 4.79 Å². The molecule has 1 heterocycles. The zero-order chi connectivity index (χ0) is 11.8. The Morgan fingerprint density at radius 2 is 2.06 bits per heavy atom. The van der Waals surface area contributed by atoms with E-state index >= 15 is 0 Å². The summed E-state index contributed by atoms with van der Waals surface area (Å²) in [6, 6.07) is 1.63. The van der Waals surface area contributed by atoms with Crippen LogP contribution in [0.15, 0.2) is 17.1 Å². The minimum Gasteiger partial charge on any atom is -0.365 e. The van der Waals surface area contributed by atoms with Crippen LogP contribution in [0.5, 0.6) is 0 Å². The maximum absolute atomic E-state index is 11.5. The molecule has 0 aliphatic carbocycles. The zero-order valence-electron chi connectivity index (χ0n) is 10.1. The van der Waals surface area contributed by atoms with E-state index in [0.29, 0.717) is 6.54 Å². The SMILES string of the molecule is CCNCCCNCc1c[nH]c(C)cc1=O. The average Bonchev–Trinajstić information content (AvgIpc) is 2.26. The average molecular weight is 223 g/mol. The summed E-state index contributed by atoms with van der Waals surface area (Å²) in [5.41, 5.74) is 1.81. The highest BCUT2D eigenvalue weighted by atomic mass is 16.1. The van der Waals surface area contributed by atoms with Crippen LogP contribution in [-0.2, 0) is 6.54 Å². The minimum atomic E-state index is 0.107. The van der Waals surface area contributed by atoms with E-state index in [0.717, 1.165) is 37.3 Å². The highest BCUT2D eigenvalue weighted by molar-refractivity contribution is 5.13. The van der Waals surface area contributed by atoms with Crippen LogP contribution in [0, 0.1) is 6.92 Å². The van der Waals surface area contributed by atoms with Gasteiger partial charge in [-0.3, -0.25) is 4.79 Å². The number of aromatic amines is 1. The van der Waals surface area contributed by atoms with E-state index in [1.54, 1.807) is 12.3 Å². The molecule has 0 aromatic carbocycles. The number of hydrogen-bond acceptors (Lipinski definition) is 3. The maximum atomic E-state index is 11.5. The third kappa shape index (κ3) is 4.59. The Balaban J connectivity index is 2.24. The van der Waals surface area contributed by atoms with Gasteiger partial charge < -0.3 is 15.6 Å². The number of pyridine rings is 1. The lowest BCUT2D eigenvalue weighted by molar-refractivity contribution is 0.604. The number of rotatable bonds is 7. The van der Waals surface area contributed by atoms with Crippen molar-refractivity contribution in [1.82, 2.24) is 15.6 Å². The number of nitrogens with one attached hydrogen (secondary N) is 3. The Kier molecular flexibility index (Phi) is 5.82. The molecular weight excluding hydrogens is 202 g/mol. The first-order chi connectivity index (χ1) is 7.74. The van der Waals surface area contributed by atoms with Crippen LogP contribution in [0.2, 0.25) is 0 Å². The van der Waals surface area contributed by atoms with Crippen LogP contribution < -0.4 is 16.1 Å². The lowest BCUT2D eigenvalue weighted by atomic mass is 10.2. The van der Waals surface area contributed by atoms with Crippen LogP contribution in [0.3, 0.4) is 0 Å². The molecule has 1 rings (SSSR count). The Bertz CT molecular complexity index is 360. The summed E-state index contributed by atoms with van der Waals surface area (Å²) in [5.74, 6) is 0. The van der Waals surface area contributed by atoms with Crippen LogP contribution >= 0.6 is 0 Å². The van der Waals surface area contributed by atoms with E-state index in [2.05, 4.69) is 22.5 Å². The van der Waals surface area contributed by atoms with E-state index in [4.69, 9.17) is 0 Å². The molecular formula is C12H21N3O. The van der Waals surface area contributed by atoms with Gasteiger partial charge in [0, 0.05) is 30.1 Å². The third-order valence-electron chi connectivity index (χ3n) is 2.41. The summed E-state index contributed by atoms with van der Waals surface area (Å²) in [6.45, 7) is 7.59. The van der Waals surface area contributed by atoms with Crippen LogP contribution in [0.1, 0.15) is 24.6 Å². The summed E-state index contributed by atoms with van der Waals surface area (Å²) >= 11 is 0. The molecule has 0 bridgehead atoms.